The Morgan fingerprint density at radius 2 is 2.13 bits per heavy atom. The minimum absolute atomic E-state index is 0.00136. The molecule has 0 radical (unpaired) electrons. The summed E-state index contributed by atoms with van der Waals surface area (Å²) in [5, 5.41) is 2.43. The van der Waals surface area contributed by atoms with Crippen molar-refractivity contribution in [2.24, 2.45) is 7.05 Å². The highest BCUT2D eigenvalue weighted by Gasteiger charge is 2.24. The number of nitrogens with one attached hydrogen (secondary N) is 2. The fourth-order valence-corrected chi connectivity index (χ4v) is 3.38. The van der Waals surface area contributed by atoms with Crippen molar-refractivity contribution in [3.8, 4) is 0 Å². The van der Waals surface area contributed by atoms with Gasteiger partial charge in [0.2, 0.25) is 10.0 Å². The predicted molar refractivity (Wildman–Crippen MR) is 81.7 cm³/mol. The third kappa shape index (κ3) is 3.57. The SMILES string of the molecule is CNC(=O)c1cc(S(=O)(=O)NC(C)c2ncccc2F)cn1C. The minimum atomic E-state index is -3.93. The van der Waals surface area contributed by atoms with E-state index in [0.717, 1.165) is 0 Å². The fourth-order valence-electron chi connectivity index (χ4n) is 2.11. The Labute approximate surface area is 133 Å². The van der Waals surface area contributed by atoms with Crippen molar-refractivity contribution in [2.45, 2.75) is 17.9 Å². The molecule has 2 aromatic rings. The highest BCUT2D eigenvalue weighted by atomic mass is 32.2. The summed E-state index contributed by atoms with van der Waals surface area (Å²) < 4.78 is 42.2. The Morgan fingerprint density at radius 1 is 1.43 bits per heavy atom. The van der Waals surface area contributed by atoms with Crippen molar-refractivity contribution >= 4 is 15.9 Å². The molecule has 0 saturated carbocycles. The lowest BCUT2D eigenvalue weighted by molar-refractivity contribution is 0.0955. The Balaban J connectivity index is 2.29. The predicted octanol–water partition coefficient (Wildman–Crippen LogP) is 0.958. The second-order valence-corrected chi connectivity index (χ2v) is 6.68. The average Bonchev–Trinajstić information content (AvgIpc) is 2.89. The van der Waals surface area contributed by atoms with E-state index in [-0.39, 0.29) is 16.3 Å². The van der Waals surface area contributed by atoms with Crippen LogP contribution in [0.25, 0.3) is 0 Å². The summed E-state index contributed by atoms with van der Waals surface area (Å²) in [5.41, 5.74) is 0.197. The van der Waals surface area contributed by atoms with E-state index in [1.54, 1.807) is 7.05 Å². The summed E-state index contributed by atoms with van der Waals surface area (Å²) in [5.74, 6) is -1.00. The van der Waals surface area contributed by atoms with Gasteiger partial charge in [-0.05, 0) is 25.1 Å². The van der Waals surface area contributed by atoms with Crippen LogP contribution in [0.15, 0.2) is 35.5 Å². The van der Waals surface area contributed by atoms with E-state index in [1.165, 1.54) is 49.1 Å². The zero-order valence-electron chi connectivity index (χ0n) is 12.9. The van der Waals surface area contributed by atoms with Gasteiger partial charge in [0.05, 0.1) is 11.7 Å². The van der Waals surface area contributed by atoms with Crippen LogP contribution < -0.4 is 10.0 Å². The van der Waals surface area contributed by atoms with Crippen molar-refractivity contribution in [1.82, 2.24) is 19.6 Å². The van der Waals surface area contributed by atoms with Crippen LogP contribution in [0, 0.1) is 5.82 Å². The standard InChI is InChI=1S/C14H17FN4O3S/c1-9(13-11(15)5-4-6-17-13)18-23(21,22)10-7-12(14(20)16-2)19(3)8-10/h4-9,18H,1-3H3,(H,16,20). The zero-order valence-corrected chi connectivity index (χ0v) is 13.7. The quantitative estimate of drug-likeness (QED) is 0.848. The van der Waals surface area contributed by atoms with Crippen molar-refractivity contribution in [2.75, 3.05) is 7.05 Å². The van der Waals surface area contributed by atoms with Gasteiger partial charge in [0, 0.05) is 26.5 Å². The maximum Gasteiger partial charge on any atom is 0.267 e. The second kappa shape index (κ2) is 6.47. The van der Waals surface area contributed by atoms with Gasteiger partial charge in [-0.3, -0.25) is 9.78 Å². The number of rotatable bonds is 5. The van der Waals surface area contributed by atoms with Gasteiger partial charge in [-0.25, -0.2) is 17.5 Å². The molecule has 9 heteroatoms. The van der Waals surface area contributed by atoms with Gasteiger partial charge in [0.1, 0.15) is 16.4 Å². The molecule has 0 spiro atoms. The lowest BCUT2D eigenvalue weighted by Crippen LogP contribution is -2.28. The number of amides is 1. The molecule has 2 rings (SSSR count). The van der Waals surface area contributed by atoms with Crippen LogP contribution in [-0.2, 0) is 17.1 Å². The lowest BCUT2D eigenvalue weighted by atomic mass is 10.2. The molecule has 1 atom stereocenters. The molecule has 2 aromatic heterocycles. The third-order valence-corrected chi connectivity index (χ3v) is 4.79. The van der Waals surface area contributed by atoms with Crippen LogP contribution in [-0.4, -0.2) is 30.9 Å². The highest BCUT2D eigenvalue weighted by molar-refractivity contribution is 7.89. The maximum absolute atomic E-state index is 13.7. The molecule has 124 valence electrons. The molecule has 1 unspecified atom stereocenters. The molecule has 0 fully saturated rings. The van der Waals surface area contributed by atoms with Gasteiger partial charge in [0.15, 0.2) is 0 Å². The molecule has 23 heavy (non-hydrogen) atoms. The molecule has 1 amide bonds. The smallest absolute Gasteiger partial charge is 0.267 e. The van der Waals surface area contributed by atoms with Crippen LogP contribution in [0.2, 0.25) is 0 Å². The van der Waals surface area contributed by atoms with Crippen LogP contribution in [0.4, 0.5) is 4.39 Å². The molecule has 0 saturated heterocycles. The van der Waals surface area contributed by atoms with Gasteiger partial charge < -0.3 is 9.88 Å². The lowest BCUT2D eigenvalue weighted by Gasteiger charge is -2.13. The number of carbonyl (C=O) groups excluding carboxylic acids is 1. The van der Waals surface area contributed by atoms with E-state index in [1.807, 2.05) is 0 Å². The molecule has 0 aliphatic carbocycles. The van der Waals surface area contributed by atoms with Crippen LogP contribution in [0.5, 0.6) is 0 Å². The Morgan fingerprint density at radius 3 is 2.74 bits per heavy atom. The number of hydrogen-bond donors (Lipinski definition) is 2. The van der Waals surface area contributed by atoms with Crippen molar-refractivity contribution in [3.63, 3.8) is 0 Å². The Bertz CT molecular complexity index is 832. The summed E-state index contributed by atoms with van der Waals surface area (Å²) in [6.45, 7) is 1.49. The zero-order chi connectivity index (χ0) is 17.2. The Kier molecular flexibility index (Phi) is 4.81. The number of aryl methyl sites for hydroxylation is 1. The van der Waals surface area contributed by atoms with Crippen molar-refractivity contribution in [1.29, 1.82) is 0 Å². The number of nitrogens with zero attached hydrogens (tertiary/aromatic N) is 2. The average molecular weight is 340 g/mol. The monoisotopic (exact) mass is 340 g/mol. The first-order valence-corrected chi connectivity index (χ1v) is 8.25. The first-order chi connectivity index (χ1) is 10.8. The molecule has 0 aliphatic heterocycles. The molecule has 0 aromatic carbocycles. The maximum atomic E-state index is 13.7. The number of sulfonamides is 1. The van der Waals surface area contributed by atoms with Crippen LogP contribution >= 0.6 is 0 Å². The van der Waals surface area contributed by atoms with Crippen molar-refractivity contribution in [3.05, 3.63) is 47.8 Å². The third-order valence-electron chi connectivity index (χ3n) is 3.28. The number of hydrogen-bond acceptors (Lipinski definition) is 4. The van der Waals surface area contributed by atoms with Crippen molar-refractivity contribution < 1.29 is 17.6 Å². The molecule has 2 heterocycles. The number of pyridine rings is 1. The summed E-state index contributed by atoms with van der Waals surface area (Å²) in [6, 6.07) is 3.03. The number of aromatic nitrogens is 2. The number of halogens is 1. The van der Waals surface area contributed by atoms with Crippen LogP contribution in [0.1, 0.15) is 29.1 Å². The van der Waals surface area contributed by atoms with Gasteiger partial charge in [0.25, 0.3) is 5.91 Å². The molecule has 0 bridgehead atoms. The van der Waals surface area contributed by atoms with E-state index in [9.17, 15) is 17.6 Å². The van der Waals surface area contributed by atoms with Gasteiger partial charge >= 0.3 is 0 Å². The van der Waals surface area contributed by atoms with Gasteiger partial charge in [-0.1, -0.05) is 0 Å². The molecule has 7 nitrogen and oxygen atoms in total. The highest BCUT2D eigenvalue weighted by Crippen LogP contribution is 2.19. The van der Waals surface area contributed by atoms with E-state index in [4.69, 9.17) is 0 Å². The summed E-state index contributed by atoms with van der Waals surface area (Å²) in [6.07, 6.45) is 2.70. The van der Waals surface area contributed by atoms with E-state index >= 15 is 0 Å². The minimum Gasteiger partial charge on any atom is -0.354 e. The van der Waals surface area contributed by atoms with Crippen LogP contribution in [0.3, 0.4) is 0 Å². The molecule has 2 N–H and O–H groups in total. The van der Waals surface area contributed by atoms with E-state index in [2.05, 4.69) is 15.0 Å². The normalized spacial score (nSPS) is 12.9. The van der Waals surface area contributed by atoms with Gasteiger partial charge in [-0.15, -0.1) is 0 Å². The fraction of sp³-hybridized carbons (Fsp3) is 0.286. The molecular formula is C14H17FN4O3S. The first kappa shape index (κ1) is 17.1. The second-order valence-electron chi connectivity index (χ2n) is 4.96. The largest absolute Gasteiger partial charge is 0.354 e. The van der Waals surface area contributed by atoms with E-state index < -0.39 is 27.8 Å². The Hall–Kier alpha value is -2.26. The summed E-state index contributed by atoms with van der Waals surface area (Å²) in [7, 11) is -0.912. The summed E-state index contributed by atoms with van der Waals surface area (Å²) >= 11 is 0. The van der Waals surface area contributed by atoms with Gasteiger partial charge in [-0.2, -0.15) is 0 Å². The first-order valence-electron chi connectivity index (χ1n) is 6.77. The molecule has 0 aliphatic rings. The van der Waals surface area contributed by atoms with E-state index in [0.29, 0.717) is 0 Å². The number of carbonyl (C=O) groups is 1. The molecular weight excluding hydrogens is 323 g/mol. The summed E-state index contributed by atoms with van der Waals surface area (Å²) in [4.78, 5) is 15.4. The topological polar surface area (TPSA) is 93.1 Å².